The van der Waals surface area contributed by atoms with E-state index in [1.165, 1.54) is 83.1 Å². The predicted molar refractivity (Wildman–Crippen MR) is 527 cm³/mol. The van der Waals surface area contributed by atoms with Gasteiger partial charge >= 0.3 is 59.7 Å². The summed E-state index contributed by atoms with van der Waals surface area (Å²) in [5.74, 6) is -8.52. The number of rotatable bonds is 81. The van der Waals surface area contributed by atoms with Gasteiger partial charge in [-0.05, 0) is 50.5 Å². The average Bonchev–Trinajstić information content (AvgIpc) is 0.792. The molecule has 0 saturated carbocycles. The summed E-state index contributed by atoms with van der Waals surface area (Å²) in [5.41, 5.74) is -0.550. The fourth-order valence-corrected chi connectivity index (χ4v) is 17.3. The van der Waals surface area contributed by atoms with Gasteiger partial charge in [0.05, 0.1) is 39.6 Å². The number of hydrogen-bond acceptors (Lipinski definition) is 36. The van der Waals surface area contributed by atoms with Crippen LogP contribution in [-0.4, -0.2) is 284 Å². The van der Waals surface area contributed by atoms with Crippen LogP contribution in [0.2, 0.25) is 0 Å². The number of carbonyl (C=O) groups excluding carboxylic acids is 17. The highest BCUT2D eigenvalue weighted by atomic mass is 16.7. The van der Waals surface area contributed by atoms with E-state index in [1.54, 1.807) is 0 Å². The molecule has 0 radical (unpaired) electrons. The second-order valence-electron chi connectivity index (χ2n) is 37.7. The zero-order valence-corrected chi connectivity index (χ0v) is 88.4. The summed E-state index contributed by atoms with van der Waals surface area (Å²) >= 11 is 0. The molecule has 5 N–H and O–H groups in total. The van der Waals surface area contributed by atoms with Crippen molar-refractivity contribution in [2.45, 2.75) is 444 Å². The summed E-state index contributed by atoms with van der Waals surface area (Å²) < 4.78 is 110. The number of Topliss-reactive ketones (excluding diaryl/α,β-unsaturated/α-hetero) is 2. The van der Waals surface area contributed by atoms with Gasteiger partial charge in [-0.3, -0.25) is 81.5 Å². The molecule has 1 aromatic rings. The number of hydrogen-bond donors (Lipinski definition) is 5. The second-order valence-corrected chi connectivity index (χ2v) is 37.7. The normalized spacial score (nSPS) is 21.0. The summed E-state index contributed by atoms with van der Waals surface area (Å²) in [5, 5.41) is 14.2. The van der Waals surface area contributed by atoms with Crippen LogP contribution in [0.5, 0.6) is 0 Å². The van der Waals surface area contributed by atoms with E-state index in [4.69, 9.17) is 90.0 Å². The lowest BCUT2D eigenvalue weighted by atomic mass is 9.96. The highest BCUT2D eigenvalue weighted by Crippen LogP contribution is 2.33. The first-order valence-corrected chi connectivity index (χ1v) is 52.5. The van der Waals surface area contributed by atoms with E-state index in [2.05, 4.69) is 26.6 Å². The fourth-order valence-electron chi connectivity index (χ4n) is 17.3. The standard InChI is InChI=1S/C105H169N5O36/c1-72(111)107-93-99(141-81(10)120)96(138-78(7)117)87(66-134-75(4)114)144-102(93)131-59-45-36-30-24-18-13-15-21-27-33-42-51-85(123)55-62-128-69-105(110-91(126)53-48-54-92(127)137-65-84-49-40-39-41-50-84,70-129-63-56-86(124)52-43-34-28-22-16-14-19-25-31-37-46-60-132-103-94(108-73(2)112)100(142-82(11)121)97(139-79(8)118)88(145-103)67-135-76(5)115)71-130-64-57-90(125)106-58-44-35-29-23-17-20-26-32-38-47-61-133-104-95(109-74(3)113)101(143-83(12)122)98(140-80(9)119)89(146-104)68-136-77(6)116/h39-41,49-50,87-89,93-104H,13-38,42-48,51-71H2,1-12H3,(H,106,125)(H,107,111)(H,108,112)(H,109,113)(H,110,126). The monoisotopic (exact) mass is 2080 g/mol. The minimum atomic E-state index is -1.36. The average molecular weight is 2080 g/mol. The van der Waals surface area contributed by atoms with E-state index in [-0.39, 0.29) is 142 Å². The Morgan fingerprint density at radius 3 is 0.870 bits per heavy atom. The number of benzene rings is 1. The van der Waals surface area contributed by atoms with Gasteiger partial charge in [-0.15, -0.1) is 0 Å². The number of ketones is 2. The molecule has 1 aromatic carbocycles. The van der Waals surface area contributed by atoms with Crippen LogP contribution in [0, 0.1) is 0 Å². The van der Waals surface area contributed by atoms with Crippen LogP contribution in [0.1, 0.15) is 345 Å². The molecule has 3 fully saturated rings. The molecule has 41 heteroatoms. The van der Waals surface area contributed by atoms with Crippen LogP contribution in [0.15, 0.2) is 30.3 Å². The molecule has 3 aliphatic rings. The molecule has 830 valence electrons. The predicted octanol–water partition coefficient (Wildman–Crippen LogP) is 11.5. The van der Waals surface area contributed by atoms with Crippen LogP contribution in [0.25, 0.3) is 0 Å². The highest BCUT2D eigenvalue weighted by molar-refractivity contribution is 5.80. The van der Waals surface area contributed by atoms with Crippen LogP contribution in [0.3, 0.4) is 0 Å². The molecule has 15 atom stereocenters. The van der Waals surface area contributed by atoms with E-state index in [1.807, 2.05) is 30.3 Å². The molecule has 3 saturated heterocycles. The Morgan fingerprint density at radius 2 is 0.568 bits per heavy atom. The first-order chi connectivity index (χ1) is 69.9. The Balaban J connectivity index is 1.27. The molecule has 0 spiro atoms. The quantitative estimate of drug-likeness (QED) is 0.0230. The van der Waals surface area contributed by atoms with E-state index >= 15 is 0 Å². The van der Waals surface area contributed by atoms with Gasteiger partial charge < -0.3 is 117 Å². The molecule has 0 aliphatic carbocycles. The van der Waals surface area contributed by atoms with Gasteiger partial charge in [0.1, 0.15) is 80.0 Å². The third-order valence-electron chi connectivity index (χ3n) is 24.2. The minimum absolute atomic E-state index is 0.00595. The Bertz CT molecular complexity index is 3690. The number of unbranched alkanes of at least 4 members (excludes halogenated alkanes) is 29. The first-order valence-electron chi connectivity index (χ1n) is 52.5. The van der Waals surface area contributed by atoms with Gasteiger partial charge in [-0.25, -0.2) is 0 Å². The largest absolute Gasteiger partial charge is 0.463 e. The van der Waals surface area contributed by atoms with Crippen molar-refractivity contribution in [3.05, 3.63) is 35.9 Å². The molecule has 15 unspecified atom stereocenters. The van der Waals surface area contributed by atoms with E-state index in [9.17, 15) is 81.5 Å². The summed E-state index contributed by atoms with van der Waals surface area (Å²) in [7, 11) is 0. The maximum atomic E-state index is 14.1. The lowest BCUT2D eigenvalue weighted by Gasteiger charge is -2.44. The molecule has 3 aliphatic heterocycles. The summed E-state index contributed by atoms with van der Waals surface area (Å²) in [6.45, 7) is 14.3. The highest BCUT2D eigenvalue weighted by Gasteiger charge is 2.55. The molecule has 3 heterocycles. The fraction of sp³-hybridized carbons (Fsp3) is 0.781. The van der Waals surface area contributed by atoms with E-state index in [0.717, 1.165) is 179 Å². The van der Waals surface area contributed by atoms with Crippen molar-refractivity contribution in [2.24, 2.45) is 0 Å². The second kappa shape index (κ2) is 76.7. The number of nitrogens with one attached hydrogen (secondary N) is 5. The SMILES string of the molecule is CC(=O)NC1C(OCCCCCCCCCCCCCC(=O)CCOCC(COCCC(=O)CCCCCCCCCCCCCOC2OC(COC(C)=O)C(OC(C)=O)C(OC(C)=O)C2NC(C)=O)(COCCC(=O)NCCCCCCCCCCCCOC2OC(COC(C)=O)C(OC(C)=O)C(OC(C)=O)C2NC(C)=O)NC(=O)CCCC(=O)OCc2ccccc2)OC(COC(C)=O)C(OC(C)=O)C1OC(C)=O. The van der Waals surface area contributed by atoms with Crippen molar-refractivity contribution >= 4 is 101 Å². The van der Waals surface area contributed by atoms with E-state index < -0.39 is 181 Å². The van der Waals surface area contributed by atoms with Crippen LogP contribution in [-0.2, 0) is 178 Å². The maximum Gasteiger partial charge on any atom is 0.306 e. The van der Waals surface area contributed by atoms with Crippen molar-refractivity contribution < 1.29 is 172 Å². The van der Waals surface area contributed by atoms with Crippen molar-refractivity contribution in [3.8, 4) is 0 Å². The Hall–Kier alpha value is -9.75. The zero-order valence-electron chi connectivity index (χ0n) is 88.4. The molecule has 0 aromatic heterocycles. The van der Waals surface area contributed by atoms with Crippen molar-refractivity contribution in [1.29, 1.82) is 0 Å². The topological polar surface area (TPSA) is 526 Å². The Labute approximate surface area is 860 Å². The van der Waals surface area contributed by atoms with Gasteiger partial charge in [-0.2, -0.15) is 0 Å². The molecule has 146 heavy (non-hydrogen) atoms. The van der Waals surface area contributed by atoms with Crippen molar-refractivity contribution in [1.82, 2.24) is 26.6 Å². The van der Waals surface area contributed by atoms with E-state index in [0.29, 0.717) is 51.5 Å². The molecule has 41 nitrogen and oxygen atoms in total. The number of amides is 5. The van der Waals surface area contributed by atoms with Crippen molar-refractivity contribution in [2.75, 3.05) is 85.8 Å². The van der Waals surface area contributed by atoms with Gasteiger partial charge in [0.15, 0.2) is 55.5 Å². The van der Waals surface area contributed by atoms with Gasteiger partial charge in [-0.1, -0.05) is 197 Å². The lowest BCUT2D eigenvalue weighted by Crippen LogP contribution is -2.66. The minimum Gasteiger partial charge on any atom is -0.463 e. The molecular formula is C105H169N5O36. The summed E-state index contributed by atoms with van der Waals surface area (Å²) in [6.07, 6.45) is 16.6. The number of carbonyl (C=O) groups is 17. The van der Waals surface area contributed by atoms with Gasteiger partial charge in [0.25, 0.3) is 0 Å². The Morgan fingerprint density at radius 1 is 0.281 bits per heavy atom. The zero-order chi connectivity index (χ0) is 107. The third kappa shape index (κ3) is 59.4. The summed E-state index contributed by atoms with van der Waals surface area (Å²) in [6, 6.07) is 6.10. The molecule has 0 bridgehead atoms. The first kappa shape index (κ1) is 129. The lowest BCUT2D eigenvalue weighted by molar-refractivity contribution is -0.277. The number of esters is 10. The van der Waals surface area contributed by atoms with Crippen LogP contribution < -0.4 is 26.6 Å². The number of ether oxygens (including phenoxy) is 19. The molecule has 5 amide bonds. The summed E-state index contributed by atoms with van der Waals surface area (Å²) in [4.78, 5) is 213. The van der Waals surface area contributed by atoms with Crippen molar-refractivity contribution in [3.63, 3.8) is 0 Å². The maximum absolute atomic E-state index is 14.1. The Kier molecular flexibility index (Phi) is 67.5. The van der Waals surface area contributed by atoms with Crippen LogP contribution in [0.4, 0.5) is 0 Å². The van der Waals surface area contributed by atoms with Crippen LogP contribution >= 0.6 is 0 Å². The third-order valence-corrected chi connectivity index (χ3v) is 24.2. The van der Waals surface area contributed by atoms with Gasteiger partial charge in [0, 0.05) is 154 Å². The molecular weight excluding hydrogens is 1910 g/mol. The molecule has 4 rings (SSSR count). The van der Waals surface area contributed by atoms with Gasteiger partial charge in [0.2, 0.25) is 29.5 Å². The smallest absolute Gasteiger partial charge is 0.306 e.